The molecule has 0 N–H and O–H groups in total. The predicted octanol–water partition coefficient (Wildman–Crippen LogP) is 4.88. The van der Waals surface area contributed by atoms with Crippen molar-refractivity contribution in [3.63, 3.8) is 0 Å². The molecule has 0 fully saturated rings. The number of hydrogen-bond donors (Lipinski definition) is 0. The molecule has 0 aliphatic carbocycles. The van der Waals surface area contributed by atoms with E-state index in [9.17, 15) is 14.4 Å². The van der Waals surface area contributed by atoms with Crippen molar-refractivity contribution in [2.45, 2.75) is 139 Å². The maximum Gasteiger partial charge on any atom is 0.276 e. The number of rotatable bonds is 6. The topological polar surface area (TPSA) is 127 Å². The highest BCUT2D eigenvalue weighted by molar-refractivity contribution is 5.98. The molecule has 0 unspecified atom stereocenters. The Kier molecular flexibility index (Phi) is 9.88. The minimum Gasteiger partial charge on any atom is -0.330 e. The van der Waals surface area contributed by atoms with Crippen LogP contribution in [0.1, 0.15) is 149 Å². The first-order valence-electron chi connectivity index (χ1n) is 16.1. The van der Waals surface area contributed by atoms with Crippen LogP contribution in [0.25, 0.3) is 0 Å². The van der Waals surface area contributed by atoms with E-state index in [2.05, 4.69) is 48.1 Å². The van der Waals surface area contributed by atoms with Crippen molar-refractivity contribution in [1.82, 2.24) is 49.3 Å². The van der Waals surface area contributed by atoms with Crippen LogP contribution in [-0.4, -0.2) is 85.1 Å². The lowest BCUT2D eigenvalue weighted by molar-refractivity contribution is 0.0713. The fraction of sp³-hybridized carbons (Fsp3) is 0.656. The maximum atomic E-state index is 11.9. The van der Waals surface area contributed by atoms with Gasteiger partial charge in [-0.2, -0.15) is 20.1 Å². The molecule has 6 rings (SSSR count). The van der Waals surface area contributed by atoms with Crippen LogP contribution in [0.3, 0.4) is 0 Å². The van der Waals surface area contributed by atoms with Crippen molar-refractivity contribution in [2.75, 3.05) is 0 Å². The van der Waals surface area contributed by atoms with Gasteiger partial charge in [-0.25, -0.2) is 0 Å². The number of amides is 3. The Morgan fingerprint density at radius 1 is 0.489 bits per heavy atom. The quantitative estimate of drug-likeness (QED) is 0.383. The normalized spacial score (nSPS) is 15.6. The van der Waals surface area contributed by atoms with Crippen LogP contribution in [0.5, 0.6) is 0 Å². The van der Waals surface area contributed by atoms with Crippen molar-refractivity contribution >= 4 is 17.7 Å². The van der Waals surface area contributed by atoms with Crippen molar-refractivity contribution in [3.8, 4) is 0 Å². The summed E-state index contributed by atoms with van der Waals surface area (Å²) in [5.74, 6) is 0.193. The minimum absolute atomic E-state index is 0.00639. The fourth-order valence-corrected chi connectivity index (χ4v) is 5.24. The van der Waals surface area contributed by atoms with E-state index in [-0.39, 0.29) is 41.9 Å². The second-order valence-corrected chi connectivity index (χ2v) is 13.6. The number of carbonyl (C=O) groups is 3. The van der Waals surface area contributed by atoms with Gasteiger partial charge in [-0.3, -0.25) is 23.7 Å². The van der Waals surface area contributed by atoms with E-state index in [1.807, 2.05) is 86.9 Å². The molecule has 0 aromatic carbocycles. The summed E-state index contributed by atoms with van der Waals surface area (Å²) < 4.78 is 3.72. The molecule has 45 heavy (non-hydrogen) atoms. The van der Waals surface area contributed by atoms with Gasteiger partial charge in [0, 0.05) is 48.2 Å². The first-order chi connectivity index (χ1) is 21.0. The predicted molar refractivity (Wildman–Crippen MR) is 171 cm³/mol. The van der Waals surface area contributed by atoms with Gasteiger partial charge in [-0.1, -0.05) is 0 Å². The molecule has 0 radical (unpaired) electrons. The summed E-state index contributed by atoms with van der Waals surface area (Å²) in [7, 11) is 0. The minimum atomic E-state index is 0.00639. The first kappa shape index (κ1) is 33.9. The van der Waals surface area contributed by atoms with E-state index >= 15 is 0 Å². The molecule has 3 aliphatic heterocycles. The number of carbonyl (C=O) groups excluding carboxylic acids is 3. The molecular formula is C32H50N10O3. The zero-order valence-corrected chi connectivity index (χ0v) is 28.9. The van der Waals surface area contributed by atoms with Crippen molar-refractivity contribution < 1.29 is 14.4 Å². The summed E-state index contributed by atoms with van der Waals surface area (Å²) in [5, 5.41) is 17.3. The van der Waals surface area contributed by atoms with Gasteiger partial charge in [0.25, 0.3) is 17.7 Å². The van der Waals surface area contributed by atoms with Gasteiger partial charge in [0.2, 0.25) is 0 Å². The average molecular weight is 623 g/mol. The van der Waals surface area contributed by atoms with Crippen molar-refractivity contribution in [3.05, 3.63) is 46.3 Å². The molecular weight excluding hydrogens is 572 g/mol. The summed E-state index contributed by atoms with van der Waals surface area (Å²) in [5.41, 5.74) is 4.72. The Morgan fingerprint density at radius 2 is 0.978 bits per heavy atom. The molecule has 246 valence electrons. The average Bonchev–Trinajstić information content (AvgIpc) is 3.76. The SMILES string of the molecule is CC(C)N1Cc2cn(C(C)C)nc2C1=O.CC(C)N1Cc2nn(C(C)C)cc2C1=O.CC(C)N1Cc2nn(C(C)C)nc2C1=O. The Balaban J connectivity index is 0.000000154. The van der Waals surface area contributed by atoms with E-state index in [0.717, 1.165) is 22.5 Å². The fourth-order valence-electron chi connectivity index (χ4n) is 5.24. The van der Waals surface area contributed by atoms with Gasteiger partial charge in [-0.15, -0.1) is 5.10 Å². The molecule has 3 aromatic rings. The van der Waals surface area contributed by atoms with Crippen LogP contribution in [-0.2, 0) is 19.6 Å². The van der Waals surface area contributed by atoms with E-state index in [1.165, 1.54) is 0 Å². The maximum absolute atomic E-state index is 11.9. The van der Waals surface area contributed by atoms with Crippen LogP contribution < -0.4 is 0 Å². The number of nitrogens with zero attached hydrogens (tertiary/aromatic N) is 10. The number of aromatic nitrogens is 7. The third kappa shape index (κ3) is 6.81. The molecule has 13 heteroatoms. The number of fused-ring (bicyclic) bond motifs is 3. The molecule has 0 saturated carbocycles. The van der Waals surface area contributed by atoms with Crippen LogP contribution in [0.15, 0.2) is 12.4 Å². The highest BCUT2D eigenvalue weighted by Crippen LogP contribution is 2.26. The summed E-state index contributed by atoms with van der Waals surface area (Å²) in [4.78, 5) is 42.9. The molecule has 3 aromatic heterocycles. The Labute approximate surface area is 266 Å². The Bertz CT molecular complexity index is 1360. The van der Waals surface area contributed by atoms with Crippen LogP contribution in [0.2, 0.25) is 0 Å². The van der Waals surface area contributed by atoms with Crippen molar-refractivity contribution in [1.29, 1.82) is 0 Å². The largest absolute Gasteiger partial charge is 0.330 e. The van der Waals surface area contributed by atoms with Crippen LogP contribution >= 0.6 is 0 Å². The van der Waals surface area contributed by atoms with Gasteiger partial charge in [0.1, 0.15) is 5.69 Å². The zero-order chi connectivity index (χ0) is 33.5. The zero-order valence-electron chi connectivity index (χ0n) is 28.9. The van der Waals surface area contributed by atoms with Gasteiger partial charge >= 0.3 is 0 Å². The summed E-state index contributed by atoms with van der Waals surface area (Å²) in [6.45, 7) is 26.3. The lowest BCUT2D eigenvalue weighted by Gasteiger charge is -2.20. The standard InChI is InChI=1S/2C11H17N3O.C10H16N4O/c1-7(2)13-6-10-9(11(13)15)5-14(12-10)8(3)4;1-7(2)13-5-9-6-14(8(3)4)12-10(9)11(13)15;1-6(2)13-5-8-9(10(13)15)12-14(11-8)7(3)4/h5,7-8H,6H2,1-4H3;6-8H,5H2,1-4H3;6-7H,5H2,1-4H3. The lowest BCUT2D eigenvalue weighted by atomic mass is 10.3. The summed E-state index contributed by atoms with van der Waals surface area (Å²) >= 11 is 0. The monoisotopic (exact) mass is 622 g/mol. The molecule has 0 atom stereocenters. The summed E-state index contributed by atoms with van der Waals surface area (Å²) in [6, 6.07) is 1.54. The molecule has 0 spiro atoms. The number of hydrogen-bond acceptors (Lipinski definition) is 7. The molecule has 3 aliphatic rings. The second kappa shape index (κ2) is 13.1. The molecule has 6 heterocycles. The third-order valence-electron chi connectivity index (χ3n) is 8.10. The van der Waals surface area contributed by atoms with Gasteiger partial charge in [0.05, 0.1) is 36.9 Å². The first-order valence-corrected chi connectivity index (χ1v) is 16.1. The molecule has 0 bridgehead atoms. The van der Waals surface area contributed by atoms with Crippen molar-refractivity contribution in [2.24, 2.45) is 0 Å². The van der Waals surface area contributed by atoms with E-state index in [1.54, 1.807) is 9.70 Å². The van der Waals surface area contributed by atoms with E-state index < -0.39 is 0 Å². The van der Waals surface area contributed by atoms with Gasteiger partial charge in [-0.05, 0) is 83.1 Å². The molecule has 13 nitrogen and oxygen atoms in total. The van der Waals surface area contributed by atoms with Crippen LogP contribution in [0.4, 0.5) is 0 Å². The highest BCUT2D eigenvalue weighted by atomic mass is 16.2. The molecule has 3 amide bonds. The Hall–Kier alpha value is -4.03. The van der Waals surface area contributed by atoms with Gasteiger partial charge < -0.3 is 14.7 Å². The summed E-state index contributed by atoms with van der Waals surface area (Å²) in [6.07, 6.45) is 3.85. The lowest BCUT2D eigenvalue weighted by Crippen LogP contribution is -2.32. The van der Waals surface area contributed by atoms with E-state index in [4.69, 9.17) is 0 Å². The highest BCUT2D eigenvalue weighted by Gasteiger charge is 2.35. The van der Waals surface area contributed by atoms with Crippen LogP contribution in [0, 0.1) is 0 Å². The Morgan fingerprint density at radius 3 is 1.44 bits per heavy atom. The van der Waals surface area contributed by atoms with Gasteiger partial charge in [0.15, 0.2) is 11.4 Å². The second-order valence-electron chi connectivity index (χ2n) is 13.6. The molecule has 0 saturated heterocycles. The third-order valence-corrected chi connectivity index (χ3v) is 8.10. The van der Waals surface area contributed by atoms with E-state index in [0.29, 0.717) is 43.1 Å². The smallest absolute Gasteiger partial charge is 0.276 e.